The molecular weight excluding hydrogens is 446 g/mol. The summed E-state index contributed by atoms with van der Waals surface area (Å²) in [6, 6.07) is 13.1. The fraction of sp³-hybridized carbons (Fsp3) is 0.105. The summed E-state index contributed by atoms with van der Waals surface area (Å²) in [6.07, 6.45) is 1.81. The number of thioether (sulfide) groups is 1. The van der Waals surface area contributed by atoms with E-state index in [2.05, 4.69) is 15.9 Å². The monoisotopic (exact) mass is 459 g/mol. The van der Waals surface area contributed by atoms with Crippen molar-refractivity contribution in [2.24, 2.45) is 14.1 Å². The van der Waals surface area contributed by atoms with Crippen LogP contribution in [-0.4, -0.2) is 19.4 Å². The van der Waals surface area contributed by atoms with Gasteiger partial charge in [0.05, 0.1) is 21.6 Å². The van der Waals surface area contributed by atoms with Gasteiger partial charge in [-0.05, 0) is 48.0 Å². The van der Waals surface area contributed by atoms with Gasteiger partial charge in [0, 0.05) is 18.6 Å². The van der Waals surface area contributed by atoms with Gasteiger partial charge in [-0.2, -0.15) is 0 Å². The molecule has 0 radical (unpaired) electrons. The number of hydrogen-bond donors (Lipinski definition) is 0. The Bertz CT molecular complexity index is 1190. The zero-order valence-electron chi connectivity index (χ0n) is 14.5. The van der Waals surface area contributed by atoms with Crippen LogP contribution in [0.3, 0.4) is 0 Å². The minimum Gasteiger partial charge on any atom is -0.295 e. The summed E-state index contributed by atoms with van der Waals surface area (Å²) in [5.74, 6) is -0.144. The Balaban J connectivity index is 1.72. The maximum atomic E-state index is 12.9. The van der Waals surface area contributed by atoms with Gasteiger partial charge in [-0.1, -0.05) is 46.0 Å². The van der Waals surface area contributed by atoms with Crippen molar-refractivity contribution >= 4 is 72.9 Å². The molecule has 0 atom stereocenters. The number of imidazole rings is 1. The summed E-state index contributed by atoms with van der Waals surface area (Å²) < 4.78 is 4.64. The van der Waals surface area contributed by atoms with Gasteiger partial charge in [-0.3, -0.25) is 18.8 Å². The second-order valence-corrected chi connectivity index (χ2v) is 8.73. The number of anilines is 1. The van der Waals surface area contributed by atoms with E-state index in [1.165, 1.54) is 16.7 Å². The summed E-state index contributed by atoms with van der Waals surface area (Å²) in [4.78, 5) is 27.1. The van der Waals surface area contributed by atoms with Gasteiger partial charge < -0.3 is 0 Å². The lowest BCUT2D eigenvalue weighted by molar-refractivity contribution is -0.113. The Kier molecular flexibility index (Phi) is 4.57. The van der Waals surface area contributed by atoms with E-state index in [0.717, 1.165) is 26.8 Å². The molecule has 1 amide bonds. The molecule has 1 aromatic heterocycles. The van der Waals surface area contributed by atoms with Crippen LogP contribution in [-0.2, 0) is 18.9 Å². The van der Waals surface area contributed by atoms with Crippen molar-refractivity contribution in [2.45, 2.75) is 0 Å². The molecule has 27 heavy (non-hydrogen) atoms. The lowest BCUT2D eigenvalue weighted by Crippen LogP contribution is -2.27. The molecule has 1 saturated heterocycles. The van der Waals surface area contributed by atoms with Crippen molar-refractivity contribution in [2.75, 3.05) is 4.90 Å². The topological polar surface area (TPSA) is 47.2 Å². The van der Waals surface area contributed by atoms with Crippen LogP contribution in [0.2, 0.25) is 0 Å². The molecule has 0 unspecified atom stereocenters. The predicted molar refractivity (Wildman–Crippen MR) is 118 cm³/mol. The number of aryl methyl sites for hydroxylation is 2. The number of carbonyl (C=O) groups is 1. The van der Waals surface area contributed by atoms with Gasteiger partial charge in [0.15, 0.2) is 4.32 Å². The number of halogens is 1. The van der Waals surface area contributed by atoms with Crippen LogP contribution in [0.5, 0.6) is 0 Å². The predicted octanol–water partition coefficient (Wildman–Crippen LogP) is 4.05. The number of nitrogens with zero attached hydrogens (tertiary/aromatic N) is 3. The molecule has 1 aliphatic heterocycles. The highest BCUT2D eigenvalue weighted by molar-refractivity contribution is 9.10. The molecule has 2 heterocycles. The molecule has 136 valence electrons. The smallest absolute Gasteiger partial charge is 0.295 e. The van der Waals surface area contributed by atoms with Crippen molar-refractivity contribution in [1.29, 1.82) is 0 Å². The summed E-state index contributed by atoms with van der Waals surface area (Å²) in [5, 5.41) is 0. The molecule has 5 nitrogen and oxygen atoms in total. The van der Waals surface area contributed by atoms with E-state index in [0.29, 0.717) is 9.23 Å². The number of aromatic nitrogens is 2. The van der Waals surface area contributed by atoms with E-state index in [9.17, 15) is 9.59 Å². The quantitative estimate of drug-likeness (QED) is 0.428. The Labute approximate surface area is 173 Å². The van der Waals surface area contributed by atoms with Crippen molar-refractivity contribution in [1.82, 2.24) is 9.13 Å². The third-order valence-electron chi connectivity index (χ3n) is 4.47. The molecule has 8 heteroatoms. The van der Waals surface area contributed by atoms with Crippen molar-refractivity contribution in [3.63, 3.8) is 0 Å². The van der Waals surface area contributed by atoms with E-state index in [1.54, 1.807) is 23.2 Å². The van der Waals surface area contributed by atoms with Gasteiger partial charge in [0.25, 0.3) is 5.91 Å². The van der Waals surface area contributed by atoms with Crippen molar-refractivity contribution < 1.29 is 4.79 Å². The Hall–Kier alpha value is -2.16. The van der Waals surface area contributed by atoms with Crippen LogP contribution in [0.4, 0.5) is 5.69 Å². The number of carbonyl (C=O) groups excluding carboxylic acids is 1. The number of fused-ring (bicyclic) bond motifs is 1. The fourth-order valence-electron chi connectivity index (χ4n) is 3.05. The normalized spacial score (nSPS) is 16.1. The minimum atomic E-state index is -0.144. The summed E-state index contributed by atoms with van der Waals surface area (Å²) in [7, 11) is 3.48. The molecule has 0 aliphatic carbocycles. The molecule has 0 spiro atoms. The Morgan fingerprint density at radius 2 is 1.67 bits per heavy atom. The molecule has 1 aliphatic rings. The molecule has 2 aromatic carbocycles. The summed E-state index contributed by atoms with van der Waals surface area (Å²) in [5.41, 5.74) is 3.18. The zero-order chi connectivity index (χ0) is 19.3. The maximum absolute atomic E-state index is 12.9. The van der Waals surface area contributed by atoms with E-state index >= 15 is 0 Å². The van der Waals surface area contributed by atoms with Gasteiger partial charge in [0.1, 0.15) is 0 Å². The van der Waals surface area contributed by atoms with Crippen LogP contribution < -0.4 is 10.6 Å². The van der Waals surface area contributed by atoms with E-state index in [-0.39, 0.29) is 11.6 Å². The van der Waals surface area contributed by atoms with Crippen molar-refractivity contribution in [3.8, 4) is 0 Å². The number of benzene rings is 2. The van der Waals surface area contributed by atoms with Gasteiger partial charge >= 0.3 is 5.69 Å². The number of rotatable bonds is 2. The first-order valence-electron chi connectivity index (χ1n) is 8.06. The Morgan fingerprint density at radius 3 is 2.37 bits per heavy atom. The molecule has 3 aromatic rings. The fourth-order valence-corrected chi connectivity index (χ4v) is 4.61. The highest BCUT2D eigenvalue weighted by Gasteiger charge is 2.33. The van der Waals surface area contributed by atoms with E-state index < -0.39 is 0 Å². The zero-order valence-corrected chi connectivity index (χ0v) is 17.7. The summed E-state index contributed by atoms with van der Waals surface area (Å²) in [6.45, 7) is 0. The molecule has 4 rings (SSSR count). The molecule has 0 bridgehead atoms. The van der Waals surface area contributed by atoms with Crippen LogP contribution in [0.1, 0.15) is 5.56 Å². The number of amides is 1. The first kappa shape index (κ1) is 18.2. The van der Waals surface area contributed by atoms with Crippen LogP contribution in [0.25, 0.3) is 17.1 Å². The Morgan fingerprint density at radius 1 is 1.00 bits per heavy atom. The van der Waals surface area contributed by atoms with Crippen molar-refractivity contribution in [3.05, 3.63) is 67.9 Å². The van der Waals surface area contributed by atoms with Gasteiger partial charge in [-0.25, -0.2) is 4.79 Å². The third kappa shape index (κ3) is 3.07. The SMILES string of the molecule is Cn1c(=O)n(C)c2cc(/C=C3/SC(=S)N(c4ccc(Br)cc4)C3=O)ccc21. The first-order chi connectivity index (χ1) is 12.9. The van der Waals surface area contributed by atoms with Gasteiger partial charge in [0.2, 0.25) is 0 Å². The highest BCUT2D eigenvalue weighted by Crippen LogP contribution is 2.36. The second-order valence-electron chi connectivity index (χ2n) is 6.14. The van der Waals surface area contributed by atoms with Gasteiger partial charge in [-0.15, -0.1) is 0 Å². The third-order valence-corrected chi connectivity index (χ3v) is 6.30. The largest absolute Gasteiger partial charge is 0.328 e. The average Bonchev–Trinajstić information content (AvgIpc) is 3.04. The lowest BCUT2D eigenvalue weighted by Gasteiger charge is -2.14. The highest BCUT2D eigenvalue weighted by atomic mass is 79.9. The molecule has 1 fully saturated rings. The molecular formula is C19H14BrN3O2S2. The minimum absolute atomic E-state index is 0.0799. The average molecular weight is 460 g/mol. The number of thiocarbonyl (C=S) groups is 1. The molecule has 0 saturated carbocycles. The number of hydrogen-bond acceptors (Lipinski definition) is 4. The van der Waals surface area contributed by atoms with Crippen LogP contribution in [0, 0.1) is 0 Å². The lowest BCUT2D eigenvalue weighted by atomic mass is 10.1. The second kappa shape index (κ2) is 6.78. The van der Waals surface area contributed by atoms with Crippen LogP contribution in [0.15, 0.2) is 56.6 Å². The van der Waals surface area contributed by atoms with E-state index in [4.69, 9.17) is 12.2 Å². The maximum Gasteiger partial charge on any atom is 0.328 e. The molecule has 0 N–H and O–H groups in total. The summed E-state index contributed by atoms with van der Waals surface area (Å²) >= 11 is 10.1. The first-order valence-corrected chi connectivity index (χ1v) is 10.1. The van der Waals surface area contributed by atoms with E-state index in [1.807, 2.05) is 48.5 Å². The standard InChI is InChI=1S/C19H14BrN3O2S2/c1-21-14-8-3-11(9-15(14)22(2)18(21)25)10-16-17(24)23(19(26)27-16)13-6-4-12(20)5-7-13/h3-10H,1-2H3/b16-10+. The van der Waals surface area contributed by atoms with Crippen LogP contribution >= 0.6 is 39.9 Å².